The van der Waals surface area contributed by atoms with Gasteiger partial charge in [-0.3, -0.25) is 4.79 Å². The molecule has 0 spiro atoms. The molecule has 0 aromatic heterocycles. The van der Waals surface area contributed by atoms with E-state index in [9.17, 15) is 24.6 Å². The first-order valence-electron chi connectivity index (χ1n) is 8.53. The van der Waals surface area contributed by atoms with Crippen molar-refractivity contribution in [1.82, 2.24) is 0 Å². The number of carboxylic acid groups (broad SMARTS) is 2. The van der Waals surface area contributed by atoms with Crippen LogP contribution in [0.3, 0.4) is 0 Å². The number of aromatic carboxylic acids is 2. The van der Waals surface area contributed by atoms with Crippen LogP contribution < -0.4 is 10.2 Å². The number of ketones is 1. The molecule has 136 valence electrons. The topological polar surface area (TPSA) is 97.3 Å². The van der Waals surface area contributed by atoms with Crippen LogP contribution in [0, 0.1) is 0 Å². The number of Topliss-reactive ketones (excluding diaryl/α,β-unsaturated/α-hetero) is 1. The van der Waals surface area contributed by atoms with E-state index < -0.39 is 11.9 Å². The zero-order valence-electron chi connectivity index (χ0n) is 14.4. The van der Waals surface area contributed by atoms with Crippen LogP contribution >= 0.6 is 0 Å². The number of carbonyl (C=O) groups excluding carboxylic acids is 3. The van der Waals surface area contributed by atoms with E-state index in [2.05, 4.69) is 0 Å². The van der Waals surface area contributed by atoms with Gasteiger partial charge in [0.15, 0.2) is 5.78 Å². The average Bonchev–Trinajstić information content (AvgIpc) is 2.66. The molecule has 0 unspecified atom stereocenters. The van der Waals surface area contributed by atoms with E-state index >= 15 is 0 Å². The quantitative estimate of drug-likeness (QED) is 0.772. The number of carboxylic acids is 2. The summed E-state index contributed by atoms with van der Waals surface area (Å²) in [5.74, 6) is -2.52. The van der Waals surface area contributed by atoms with Crippen LogP contribution in [0.15, 0.2) is 59.7 Å². The molecule has 1 aliphatic carbocycles. The second-order valence-electron chi connectivity index (χ2n) is 6.34. The average molecular weight is 360 g/mol. The van der Waals surface area contributed by atoms with Gasteiger partial charge >= 0.3 is 0 Å². The maximum atomic E-state index is 12.7. The molecule has 0 heterocycles. The first-order valence-corrected chi connectivity index (χ1v) is 8.53. The number of allylic oxidation sites excluding steroid dienone is 2. The Morgan fingerprint density at radius 1 is 0.704 bits per heavy atom. The van der Waals surface area contributed by atoms with Gasteiger partial charge in [-0.05, 0) is 53.7 Å². The van der Waals surface area contributed by atoms with Crippen molar-refractivity contribution in [2.24, 2.45) is 0 Å². The Hall–Kier alpha value is -3.47. The van der Waals surface area contributed by atoms with Crippen LogP contribution in [0.5, 0.6) is 0 Å². The predicted molar refractivity (Wildman–Crippen MR) is 96.4 cm³/mol. The Kier molecular flexibility index (Phi) is 5.31. The number of rotatable bonds is 4. The monoisotopic (exact) mass is 360 g/mol. The lowest BCUT2D eigenvalue weighted by molar-refractivity contribution is -0.256. The third kappa shape index (κ3) is 4.39. The van der Waals surface area contributed by atoms with Crippen molar-refractivity contribution in [2.75, 3.05) is 0 Å². The number of hydrogen-bond acceptors (Lipinski definition) is 5. The van der Waals surface area contributed by atoms with Crippen molar-refractivity contribution in [1.29, 1.82) is 0 Å². The molecule has 0 saturated heterocycles. The molecular formula is C22H16O5-2. The van der Waals surface area contributed by atoms with E-state index in [1.807, 2.05) is 0 Å². The summed E-state index contributed by atoms with van der Waals surface area (Å²) >= 11 is 0. The highest BCUT2D eigenvalue weighted by atomic mass is 16.4. The molecule has 1 aliphatic rings. The number of benzene rings is 2. The highest BCUT2D eigenvalue weighted by molar-refractivity contribution is 6.14. The molecular weight excluding hydrogens is 344 g/mol. The fourth-order valence-electron chi connectivity index (χ4n) is 3.01. The fourth-order valence-corrected chi connectivity index (χ4v) is 3.01. The summed E-state index contributed by atoms with van der Waals surface area (Å²) in [4.78, 5) is 34.3. The summed E-state index contributed by atoms with van der Waals surface area (Å²) in [7, 11) is 0. The molecule has 2 aromatic carbocycles. The van der Waals surface area contributed by atoms with Gasteiger partial charge in [0.25, 0.3) is 0 Å². The summed E-state index contributed by atoms with van der Waals surface area (Å²) in [6.45, 7) is 0. The maximum absolute atomic E-state index is 12.7. The molecule has 1 saturated carbocycles. The van der Waals surface area contributed by atoms with Gasteiger partial charge in [-0.25, -0.2) is 0 Å². The van der Waals surface area contributed by atoms with Crippen molar-refractivity contribution in [3.8, 4) is 0 Å². The van der Waals surface area contributed by atoms with Crippen LogP contribution in [-0.4, -0.2) is 17.7 Å². The van der Waals surface area contributed by atoms with Gasteiger partial charge in [-0.15, -0.1) is 0 Å². The van der Waals surface area contributed by atoms with Gasteiger partial charge in [0.2, 0.25) is 0 Å². The van der Waals surface area contributed by atoms with Gasteiger partial charge in [-0.1, -0.05) is 48.5 Å². The summed E-state index contributed by atoms with van der Waals surface area (Å²) < 4.78 is 0. The molecule has 1 fully saturated rings. The zero-order valence-corrected chi connectivity index (χ0v) is 14.4. The lowest BCUT2D eigenvalue weighted by Crippen LogP contribution is -2.21. The molecule has 3 rings (SSSR count). The molecule has 0 aliphatic heterocycles. The van der Waals surface area contributed by atoms with Crippen molar-refractivity contribution in [3.05, 3.63) is 81.9 Å². The second-order valence-corrected chi connectivity index (χ2v) is 6.34. The van der Waals surface area contributed by atoms with Crippen molar-refractivity contribution >= 4 is 29.9 Å². The van der Waals surface area contributed by atoms with Gasteiger partial charge in [0.05, 0.1) is 11.9 Å². The predicted octanol–water partition coefficient (Wildman–Crippen LogP) is 1.63. The highest BCUT2D eigenvalue weighted by Gasteiger charge is 2.20. The number of carbonyl (C=O) groups is 3. The van der Waals surface area contributed by atoms with E-state index in [1.54, 1.807) is 36.4 Å². The van der Waals surface area contributed by atoms with Crippen LogP contribution in [0.4, 0.5) is 0 Å². The minimum Gasteiger partial charge on any atom is -0.545 e. The van der Waals surface area contributed by atoms with Gasteiger partial charge in [0.1, 0.15) is 0 Å². The van der Waals surface area contributed by atoms with E-state index in [0.29, 0.717) is 24.0 Å². The van der Waals surface area contributed by atoms with E-state index in [0.717, 1.165) is 17.5 Å². The van der Waals surface area contributed by atoms with E-state index in [1.165, 1.54) is 24.3 Å². The maximum Gasteiger partial charge on any atom is 0.185 e. The molecule has 0 radical (unpaired) electrons. The molecule has 0 atom stereocenters. The minimum atomic E-state index is -1.24. The van der Waals surface area contributed by atoms with Crippen LogP contribution in [-0.2, 0) is 4.79 Å². The Morgan fingerprint density at radius 3 is 1.41 bits per heavy atom. The lowest BCUT2D eigenvalue weighted by Gasteiger charge is -2.17. The molecule has 5 heteroatoms. The van der Waals surface area contributed by atoms with Crippen molar-refractivity contribution < 1.29 is 24.6 Å². The second kappa shape index (κ2) is 7.83. The third-order valence-corrected chi connectivity index (χ3v) is 4.45. The van der Waals surface area contributed by atoms with E-state index in [4.69, 9.17) is 0 Å². The minimum absolute atomic E-state index is 0.0470. The largest absolute Gasteiger partial charge is 0.545 e. The van der Waals surface area contributed by atoms with Crippen LogP contribution in [0.2, 0.25) is 0 Å². The number of hydrogen-bond donors (Lipinski definition) is 0. The normalized spacial score (nSPS) is 17.3. The Bertz CT molecular complexity index is 870. The fraction of sp³-hybridized carbons (Fsp3) is 0.136. The van der Waals surface area contributed by atoms with Crippen molar-refractivity contribution in [2.45, 2.75) is 19.3 Å². The van der Waals surface area contributed by atoms with Gasteiger partial charge < -0.3 is 19.8 Å². The first-order chi connectivity index (χ1) is 12.9. The molecule has 0 N–H and O–H groups in total. The van der Waals surface area contributed by atoms with Gasteiger partial charge in [-0.2, -0.15) is 0 Å². The lowest BCUT2D eigenvalue weighted by atomic mass is 9.86. The molecule has 0 bridgehead atoms. The van der Waals surface area contributed by atoms with Crippen molar-refractivity contribution in [3.63, 3.8) is 0 Å². The summed E-state index contributed by atoms with van der Waals surface area (Å²) in [6.07, 6.45) is 5.68. The Balaban J connectivity index is 1.82. The summed E-state index contributed by atoms with van der Waals surface area (Å²) in [5, 5.41) is 21.6. The molecule has 2 aromatic rings. The first kappa shape index (κ1) is 18.3. The summed E-state index contributed by atoms with van der Waals surface area (Å²) in [6, 6.07) is 12.4. The highest BCUT2D eigenvalue weighted by Crippen LogP contribution is 2.28. The summed E-state index contributed by atoms with van der Waals surface area (Å²) in [5.41, 5.74) is 3.02. The molecule has 27 heavy (non-hydrogen) atoms. The molecule has 0 amide bonds. The van der Waals surface area contributed by atoms with Gasteiger partial charge in [0, 0.05) is 11.1 Å². The Labute approximate surface area is 156 Å². The SMILES string of the molecule is O=C1/C(=C\c2ccc(C(=O)[O-])cc2)CCC/C1=C\c1ccc(C(=O)[O-])cc1. The zero-order chi connectivity index (χ0) is 19.4. The standard InChI is InChI=1S/C22H18O5/c23-20-18(12-14-4-8-16(9-5-14)21(24)25)2-1-3-19(20)13-15-6-10-17(11-7-15)22(26)27/h4-13H,1-3H2,(H,24,25)(H,26,27)/p-2/b18-12-,19-13+. The van der Waals surface area contributed by atoms with E-state index in [-0.39, 0.29) is 16.9 Å². The van der Waals surface area contributed by atoms with Crippen LogP contribution in [0.1, 0.15) is 51.1 Å². The van der Waals surface area contributed by atoms with Crippen LogP contribution in [0.25, 0.3) is 12.2 Å². The Morgan fingerprint density at radius 2 is 1.07 bits per heavy atom. The third-order valence-electron chi connectivity index (χ3n) is 4.45. The molecule has 5 nitrogen and oxygen atoms in total. The smallest absolute Gasteiger partial charge is 0.185 e.